The van der Waals surface area contributed by atoms with Gasteiger partial charge in [0.2, 0.25) is 0 Å². The van der Waals surface area contributed by atoms with Gasteiger partial charge >= 0.3 is 0 Å². The Balaban J connectivity index is 2.11. The Morgan fingerprint density at radius 2 is 1.83 bits per heavy atom. The molecular formula is C19H23NO3. The summed E-state index contributed by atoms with van der Waals surface area (Å²) in [4.78, 5) is 0. The molecule has 0 spiro atoms. The zero-order chi connectivity index (χ0) is 16.4. The zero-order valence-electron chi connectivity index (χ0n) is 13.5. The van der Waals surface area contributed by atoms with Gasteiger partial charge in [0.25, 0.3) is 0 Å². The van der Waals surface area contributed by atoms with E-state index in [0.717, 1.165) is 17.5 Å². The van der Waals surface area contributed by atoms with Crippen LogP contribution in [0.5, 0.6) is 11.5 Å². The lowest BCUT2D eigenvalue weighted by Crippen LogP contribution is -2.34. The Bertz CT molecular complexity index is 672. The van der Waals surface area contributed by atoms with Crippen LogP contribution in [-0.2, 0) is 6.42 Å². The minimum atomic E-state index is -0.603. The first-order chi connectivity index (χ1) is 11.2. The third-order valence-corrected chi connectivity index (χ3v) is 4.85. The summed E-state index contributed by atoms with van der Waals surface area (Å²) in [5.74, 6) is 1.55. The van der Waals surface area contributed by atoms with Crippen molar-refractivity contribution in [3.63, 3.8) is 0 Å². The number of hydrogen-bond donors (Lipinski definition) is 2. The Morgan fingerprint density at radius 1 is 1.09 bits per heavy atom. The van der Waals surface area contributed by atoms with Crippen LogP contribution in [0, 0.1) is 5.92 Å². The maximum atomic E-state index is 10.9. The molecule has 23 heavy (non-hydrogen) atoms. The minimum absolute atomic E-state index is 0.0111. The molecule has 0 saturated heterocycles. The molecule has 0 radical (unpaired) electrons. The number of fused-ring (bicyclic) bond motifs is 1. The third-order valence-electron chi connectivity index (χ3n) is 4.85. The Hall–Kier alpha value is -2.04. The fourth-order valence-corrected chi connectivity index (χ4v) is 3.67. The highest BCUT2D eigenvalue weighted by molar-refractivity contribution is 5.54. The maximum Gasteiger partial charge on any atom is 0.164 e. The summed E-state index contributed by atoms with van der Waals surface area (Å²) >= 11 is 0. The van der Waals surface area contributed by atoms with Crippen LogP contribution in [0.3, 0.4) is 0 Å². The lowest BCUT2D eigenvalue weighted by Gasteiger charge is -2.37. The van der Waals surface area contributed by atoms with Crippen LogP contribution in [0.4, 0.5) is 0 Å². The van der Waals surface area contributed by atoms with Crippen molar-refractivity contribution in [2.45, 2.75) is 18.4 Å². The van der Waals surface area contributed by atoms with Gasteiger partial charge in [0.1, 0.15) is 0 Å². The monoisotopic (exact) mass is 313 g/mol. The van der Waals surface area contributed by atoms with Crippen LogP contribution in [-0.4, -0.2) is 25.9 Å². The molecule has 3 rings (SSSR count). The van der Waals surface area contributed by atoms with E-state index in [1.807, 2.05) is 30.3 Å². The van der Waals surface area contributed by atoms with Gasteiger partial charge in [0.15, 0.2) is 11.5 Å². The average Bonchev–Trinajstić information content (AvgIpc) is 2.61. The standard InChI is InChI=1S/C19H23NO3/c1-22-17-9-8-13-15(19(17)23-2)10-14(16(11-20)18(13)21)12-6-4-3-5-7-12/h3-9,14,16,18,21H,10-11,20H2,1-2H3. The van der Waals surface area contributed by atoms with E-state index in [2.05, 4.69) is 12.1 Å². The highest BCUT2D eigenvalue weighted by atomic mass is 16.5. The average molecular weight is 313 g/mol. The molecule has 122 valence electrons. The van der Waals surface area contributed by atoms with Crippen molar-refractivity contribution in [1.82, 2.24) is 0 Å². The van der Waals surface area contributed by atoms with Crippen LogP contribution in [0.15, 0.2) is 42.5 Å². The van der Waals surface area contributed by atoms with Crippen molar-refractivity contribution in [2.75, 3.05) is 20.8 Å². The molecule has 3 N–H and O–H groups in total. The lowest BCUT2D eigenvalue weighted by atomic mass is 9.70. The smallest absolute Gasteiger partial charge is 0.164 e. The van der Waals surface area contributed by atoms with Crippen LogP contribution < -0.4 is 15.2 Å². The molecule has 0 amide bonds. The third kappa shape index (κ3) is 2.69. The second kappa shape index (κ2) is 6.60. The number of methoxy groups -OCH3 is 2. The highest BCUT2D eigenvalue weighted by Gasteiger charge is 2.37. The first kappa shape index (κ1) is 15.8. The summed E-state index contributed by atoms with van der Waals surface area (Å²) in [7, 11) is 3.26. The van der Waals surface area contributed by atoms with Gasteiger partial charge in [-0.1, -0.05) is 36.4 Å². The number of rotatable bonds is 4. The Kier molecular flexibility index (Phi) is 4.55. The molecule has 4 nitrogen and oxygen atoms in total. The summed E-state index contributed by atoms with van der Waals surface area (Å²) < 4.78 is 11.0. The SMILES string of the molecule is COc1ccc2c(c1OC)CC(c1ccccc1)C(CN)C2O. The fourth-order valence-electron chi connectivity index (χ4n) is 3.67. The topological polar surface area (TPSA) is 64.7 Å². The Morgan fingerprint density at radius 3 is 2.43 bits per heavy atom. The molecule has 1 aliphatic carbocycles. The van der Waals surface area contributed by atoms with Gasteiger partial charge in [-0.05, 0) is 36.1 Å². The molecule has 3 atom stereocenters. The number of aliphatic hydroxyl groups excluding tert-OH is 1. The van der Waals surface area contributed by atoms with Crippen molar-refractivity contribution in [3.05, 3.63) is 59.2 Å². The maximum absolute atomic E-state index is 10.9. The largest absolute Gasteiger partial charge is 0.493 e. The van der Waals surface area contributed by atoms with Gasteiger partial charge in [-0.2, -0.15) is 0 Å². The molecule has 0 heterocycles. The molecule has 0 saturated carbocycles. The number of nitrogens with two attached hydrogens (primary N) is 1. The van der Waals surface area contributed by atoms with E-state index in [9.17, 15) is 5.11 Å². The molecule has 0 bridgehead atoms. The van der Waals surface area contributed by atoms with Gasteiger partial charge in [-0.3, -0.25) is 0 Å². The van der Waals surface area contributed by atoms with Gasteiger partial charge in [0, 0.05) is 11.5 Å². The van der Waals surface area contributed by atoms with E-state index in [4.69, 9.17) is 15.2 Å². The zero-order valence-corrected chi connectivity index (χ0v) is 13.5. The number of hydrogen-bond acceptors (Lipinski definition) is 4. The second-order valence-corrected chi connectivity index (χ2v) is 5.93. The van der Waals surface area contributed by atoms with E-state index in [0.29, 0.717) is 18.0 Å². The summed E-state index contributed by atoms with van der Waals surface area (Å²) in [6, 6.07) is 14.0. The predicted octanol–water partition coefficient (Wildman–Crippen LogP) is 2.65. The quantitative estimate of drug-likeness (QED) is 0.911. The second-order valence-electron chi connectivity index (χ2n) is 5.93. The van der Waals surface area contributed by atoms with Crippen molar-refractivity contribution < 1.29 is 14.6 Å². The van der Waals surface area contributed by atoms with Gasteiger partial charge in [-0.25, -0.2) is 0 Å². The minimum Gasteiger partial charge on any atom is -0.493 e. The molecule has 0 aromatic heterocycles. The number of ether oxygens (including phenoxy) is 2. The van der Waals surface area contributed by atoms with Crippen LogP contribution in [0.25, 0.3) is 0 Å². The Labute approximate surface area is 136 Å². The van der Waals surface area contributed by atoms with Crippen LogP contribution >= 0.6 is 0 Å². The van der Waals surface area contributed by atoms with Gasteiger partial charge < -0.3 is 20.3 Å². The molecule has 2 aromatic rings. The van der Waals surface area contributed by atoms with E-state index >= 15 is 0 Å². The van der Waals surface area contributed by atoms with Crippen LogP contribution in [0.1, 0.15) is 28.7 Å². The van der Waals surface area contributed by atoms with E-state index in [1.54, 1.807) is 14.2 Å². The van der Waals surface area contributed by atoms with Gasteiger partial charge in [0.05, 0.1) is 20.3 Å². The molecule has 3 unspecified atom stereocenters. The fraction of sp³-hybridized carbons (Fsp3) is 0.368. The van der Waals surface area contributed by atoms with E-state index in [-0.39, 0.29) is 11.8 Å². The normalized spacial score (nSPS) is 23.2. The molecule has 2 aromatic carbocycles. The first-order valence-electron chi connectivity index (χ1n) is 7.88. The summed E-state index contributed by atoms with van der Waals surface area (Å²) in [5, 5.41) is 10.9. The number of aliphatic hydroxyl groups is 1. The van der Waals surface area contributed by atoms with Crippen molar-refractivity contribution >= 4 is 0 Å². The summed E-state index contributed by atoms with van der Waals surface area (Å²) in [5.41, 5.74) is 9.09. The van der Waals surface area contributed by atoms with Crippen molar-refractivity contribution in [3.8, 4) is 11.5 Å². The highest BCUT2D eigenvalue weighted by Crippen LogP contribution is 2.48. The van der Waals surface area contributed by atoms with Gasteiger partial charge in [-0.15, -0.1) is 0 Å². The summed E-state index contributed by atoms with van der Waals surface area (Å²) in [6.45, 7) is 0.439. The molecule has 0 fully saturated rings. The van der Waals surface area contributed by atoms with E-state index in [1.165, 1.54) is 5.56 Å². The molecule has 0 aliphatic heterocycles. The van der Waals surface area contributed by atoms with E-state index < -0.39 is 6.10 Å². The first-order valence-corrected chi connectivity index (χ1v) is 7.88. The molecule has 4 heteroatoms. The predicted molar refractivity (Wildman–Crippen MR) is 89.9 cm³/mol. The molecule has 1 aliphatic rings. The number of benzene rings is 2. The summed E-state index contributed by atoms with van der Waals surface area (Å²) in [6.07, 6.45) is 0.173. The van der Waals surface area contributed by atoms with Crippen molar-refractivity contribution in [1.29, 1.82) is 0 Å². The lowest BCUT2D eigenvalue weighted by molar-refractivity contribution is 0.0843. The van der Waals surface area contributed by atoms with Crippen molar-refractivity contribution in [2.24, 2.45) is 11.7 Å². The van der Waals surface area contributed by atoms with Crippen LogP contribution in [0.2, 0.25) is 0 Å². The molecular weight excluding hydrogens is 290 g/mol.